The van der Waals surface area contributed by atoms with E-state index in [0.29, 0.717) is 5.96 Å². The number of guanidine groups is 1. The maximum atomic E-state index is 5.89. The molecule has 0 spiro atoms. The van der Waals surface area contributed by atoms with Gasteiger partial charge in [0, 0.05) is 23.7 Å². The first-order valence-electron chi connectivity index (χ1n) is 6.00. The molecule has 0 aliphatic carbocycles. The lowest BCUT2D eigenvalue weighted by atomic mass is 10.4. The number of aliphatic imine (C=N–C) groups is 1. The van der Waals surface area contributed by atoms with Gasteiger partial charge >= 0.3 is 0 Å². The number of hydrogen-bond donors (Lipinski definition) is 1. The average Bonchev–Trinajstić information content (AvgIpc) is 2.37. The van der Waals surface area contributed by atoms with Crippen LogP contribution in [-0.4, -0.2) is 36.2 Å². The van der Waals surface area contributed by atoms with E-state index in [1.54, 1.807) is 0 Å². The van der Waals surface area contributed by atoms with Crippen LogP contribution in [0.5, 0.6) is 0 Å². The third-order valence-corrected chi connectivity index (χ3v) is 3.46. The Morgan fingerprint density at radius 2 is 1.88 bits per heavy atom. The topological polar surface area (TPSA) is 41.6 Å². The molecule has 17 heavy (non-hydrogen) atoms. The Balaban J connectivity index is 2.30. The second-order valence-corrected chi connectivity index (χ2v) is 4.74. The molecular formula is C13H21N3S. The van der Waals surface area contributed by atoms with E-state index in [0.717, 1.165) is 25.4 Å². The smallest absolute Gasteiger partial charge is 0.191 e. The highest BCUT2D eigenvalue weighted by molar-refractivity contribution is 7.99. The number of hydrogen-bond acceptors (Lipinski definition) is 2. The minimum Gasteiger partial charge on any atom is -0.370 e. The summed E-state index contributed by atoms with van der Waals surface area (Å²) < 4.78 is 0. The highest BCUT2D eigenvalue weighted by Crippen LogP contribution is 2.16. The zero-order valence-corrected chi connectivity index (χ0v) is 11.4. The summed E-state index contributed by atoms with van der Waals surface area (Å²) in [5.74, 6) is 1.62. The Morgan fingerprint density at radius 1 is 1.24 bits per heavy atom. The number of nitrogens with two attached hydrogens (primary N) is 1. The molecule has 0 atom stereocenters. The lowest BCUT2D eigenvalue weighted by Gasteiger charge is -2.19. The molecule has 0 aliphatic rings. The van der Waals surface area contributed by atoms with Crippen LogP contribution < -0.4 is 5.73 Å². The third-order valence-electron chi connectivity index (χ3n) is 2.46. The van der Waals surface area contributed by atoms with Gasteiger partial charge in [0.25, 0.3) is 0 Å². The molecule has 0 heterocycles. The van der Waals surface area contributed by atoms with Crippen molar-refractivity contribution >= 4 is 17.7 Å². The second-order valence-electron chi connectivity index (χ2n) is 3.57. The Morgan fingerprint density at radius 3 is 2.47 bits per heavy atom. The van der Waals surface area contributed by atoms with Gasteiger partial charge in [-0.1, -0.05) is 18.2 Å². The first kappa shape index (κ1) is 13.9. The Labute approximate surface area is 108 Å². The molecule has 0 unspecified atom stereocenters. The van der Waals surface area contributed by atoms with E-state index < -0.39 is 0 Å². The van der Waals surface area contributed by atoms with Gasteiger partial charge in [-0.3, -0.25) is 4.99 Å². The van der Waals surface area contributed by atoms with E-state index in [2.05, 4.69) is 48.0 Å². The van der Waals surface area contributed by atoms with Crippen molar-refractivity contribution in [3.63, 3.8) is 0 Å². The minimum atomic E-state index is 0.656. The fourth-order valence-electron chi connectivity index (χ4n) is 1.49. The zero-order valence-electron chi connectivity index (χ0n) is 10.6. The van der Waals surface area contributed by atoms with E-state index in [9.17, 15) is 0 Å². The van der Waals surface area contributed by atoms with Gasteiger partial charge in [0.1, 0.15) is 0 Å². The van der Waals surface area contributed by atoms with Crippen LogP contribution in [0.25, 0.3) is 0 Å². The van der Waals surface area contributed by atoms with Crippen LogP contribution in [0.4, 0.5) is 0 Å². The molecule has 0 fully saturated rings. The van der Waals surface area contributed by atoms with Gasteiger partial charge in [-0.25, -0.2) is 0 Å². The summed E-state index contributed by atoms with van der Waals surface area (Å²) in [6, 6.07) is 10.4. The highest BCUT2D eigenvalue weighted by atomic mass is 32.2. The normalized spacial score (nSPS) is 11.5. The molecular weight excluding hydrogens is 230 g/mol. The van der Waals surface area contributed by atoms with Crippen molar-refractivity contribution in [3.8, 4) is 0 Å². The molecule has 0 aliphatic heterocycles. The first-order valence-corrected chi connectivity index (χ1v) is 6.99. The van der Waals surface area contributed by atoms with Crippen LogP contribution >= 0.6 is 11.8 Å². The van der Waals surface area contributed by atoms with Crippen molar-refractivity contribution in [2.24, 2.45) is 10.7 Å². The summed E-state index contributed by atoms with van der Waals surface area (Å²) >= 11 is 1.81. The number of rotatable bonds is 6. The maximum Gasteiger partial charge on any atom is 0.191 e. The Hall–Kier alpha value is -1.16. The first-order chi connectivity index (χ1) is 8.27. The van der Waals surface area contributed by atoms with Gasteiger partial charge in [-0.2, -0.15) is 0 Å². The molecule has 0 amide bonds. The molecule has 94 valence electrons. The van der Waals surface area contributed by atoms with Crippen molar-refractivity contribution in [1.29, 1.82) is 0 Å². The van der Waals surface area contributed by atoms with Crippen molar-refractivity contribution in [2.45, 2.75) is 18.7 Å². The summed E-state index contributed by atoms with van der Waals surface area (Å²) in [6.45, 7) is 6.77. The van der Waals surface area contributed by atoms with Gasteiger partial charge < -0.3 is 10.6 Å². The molecule has 1 aromatic carbocycles. The second kappa shape index (κ2) is 8.01. The lowest BCUT2D eigenvalue weighted by molar-refractivity contribution is 0.458. The summed E-state index contributed by atoms with van der Waals surface area (Å²) in [4.78, 5) is 7.73. The summed E-state index contributed by atoms with van der Waals surface area (Å²) in [6.07, 6.45) is 0. The fourth-order valence-corrected chi connectivity index (χ4v) is 2.26. The van der Waals surface area contributed by atoms with Gasteiger partial charge in [-0.15, -0.1) is 11.8 Å². The molecule has 0 saturated heterocycles. The van der Waals surface area contributed by atoms with Gasteiger partial charge in [0.2, 0.25) is 0 Å². The summed E-state index contributed by atoms with van der Waals surface area (Å²) in [5, 5.41) is 0. The molecule has 1 aromatic rings. The Bertz CT molecular complexity index is 334. The zero-order chi connectivity index (χ0) is 12.5. The summed E-state index contributed by atoms with van der Waals surface area (Å²) in [7, 11) is 0. The average molecular weight is 251 g/mol. The van der Waals surface area contributed by atoms with Gasteiger partial charge in [0.15, 0.2) is 5.96 Å². The standard InChI is InChI=1S/C13H21N3S/c1-3-16(4-2)13(14)15-10-11-17-12-8-6-5-7-9-12/h5-9H,3-4,10-11H2,1-2H3,(H2,14,15). The molecule has 0 radical (unpaired) electrons. The van der Waals surface area contributed by atoms with E-state index in [-0.39, 0.29) is 0 Å². The van der Waals surface area contributed by atoms with Gasteiger partial charge in [0.05, 0.1) is 6.54 Å². The molecule has 0 saturated carbocycles. The van der Waals surface area contributed by atoms with Crippen LogP contribution in [-0.2, 0) is 0 Å². The molecule has 3 nitrogen and oxygen atoms in total. The largest absolute Gasteiger partial charge is 0.370 e. The SMILES string of the molecule is CCN(CC)C(N)=NCCSc1ccccc1. The van der Waals surface area contributed by atoms with Crippen LogP contribution in [0, 0.1) is 0 Å². The van der Waals surface area contributed by atoms with Crippen LogP contribution in [0.15, 0.2) is 40.2 Å². The number of nitrogens with zero attached hydrogens (tertiary/aromatic N) is 2. The predicted octanol–water partition coefficient (Wildman–Crippen LogP) is 2.44. The van der Waals surface area contributed by atoms with Crippen molar-refractivity contribution in [3.05, 3.63) is 30.3 Å². The molecule has 0 bridgehead atoms. The van der Waals surface area contributed by atoms with Crippen LogP contribution in [0.3, 0.4) is 0 Å². The van der Waals surface area contributed by atoms with E-state index in [1.165, 1.54) is 4.90 Å². The van der Waals surface area contributed by atoms with Crippen LogP contribution in [0.1, 0.15) is 13.8 Å². The maximum absolute atomic E-state index is 5.89. The van der Waals surface area contributed by atoms with E-state index in [1.807, 2.05) is 17.8 Å². The van der Waals surface area contributed by atoms with Crippen molar-refractivity contribution in [2.75, 3.05) is 25.4 Å². The van der Waals surface area contributed by atoms with Crippen molar-refractivity contribution in [1.82, 2.24) is 4.90 Å². The van der Waals surface area contributed by atoms with E-state index in [4.69, 9.17) is 5.73 Å². The molecule has 1 rings (SSSR count). The monoisotopic (exact) mass is 251 g/mol. The van der Waals surface area contributed by atoms with E-state index >= 15 is 0 Å². The highest BCUT2D eigenvalue weighted by Gasteiger charge is 2.00. The number of thioether (sulfide) groups is 1. The third kappa shape index (κ3) is 5.13. The molecule has 4 heteroatoms. The lowest BCUT2D eigenvalue weighted by Crippen LogP contribution is -2.37. The van der Waals surface area contributed by atoms with Gasteiger partial charge in [-0.05, 0) is 26.0 Å². The van der Waals surface area contributed by atoms with Crippen LogP contribution in [0.2, 0.25) is 0 Å². The Kier molecular flexibility index (Phi) is 6.55. The molecule has 0 aromatic heterocycles. The quantitative estimate of drug-likeness (QED) is 0.365. The van der Waals surface area contributed by atoms with Crippen molar-refractivity contribution < 1.29 is 0 Å². The minimum absolute atomic E-state index is 0.656. The molecule has 2 N–H and O–H groups in total. The fraction of sp³-hybridized carbons (Fsp3) is 0.462. The predicted molar refractivity (Wildman–Crippen MR) is 76.6 cm³/mol. The summed E-state index contributed by atoms with van der Waals surface area (Å²) in [5.41, 5.74) is 5.89. The number of benzene rings is 1.